The minimum absolute atomic E-state index is 0.669. The van der Waals surface area contributed by atoms with E-state index in [2.05, 4.69) is 33.6 Å². The van der Waals surface area contributed by atoms with Crippen LogP contribution in [0.5, 0.6) is 5.75 Å². The fraction of sp³-hybridized carbons (Fsp3) is 0.474. The van der Waals surface area contributed by atoms with E-state index in [-0.39, 0.29) is 0 Å². The van der Waals surface area contributed by atoms with Crippen molar-refractivity contribution in [2.75, 3.05) is 30.8 Å². The molecule has 0 bridgehead atoms. The Morgan fingerprint density at radius 3 is 2.67 bits per heavy atom. The maximum atomic E-state index is 5.38. The molecule has 0 amide bonds. The zero-order valence-electron chi connectivity index (χ0n) is 14.9. The molecule has 1 aromatic carbocycles. The summed E-state index contributed by atoms with van der Waals surface area (Å²) in [5.74, 6) is 2.48. The van der Waals surface area contributed by atoms with Crippen LogP contribution in [-0.4, -0.2) is 30.2 Å². The first-order valence-electron chi connectivity index (χ1n) is 8.68. The largest absolute Gasteiger partial charge is 0.496 e. The van der Waals surface area contributed by atoms with E-state index in [4.69, 9.17) is 4.74 Å². The van der Waals surface area contributed by atoms with Crippen LogP contribution in [0.2, 0.25) is 0 Å². The van der Waals surface area contributed by atoms with Gasteiger partial charge in [-0.3, -0.25) is 0 Å². The normalized spacial score (nSPS) is 10.5. The van der Waals surface area contributed by atoms with Crippen LogP contribution < -0.4 is 15.4 Å². The molecule has 2 N–H and O–H groups in total. The number of unbranched alkanes of at least 4 members (excludes halogenated alkanes) is 2. The van der Waals surface area contributed by atoms with E-state index < -0.39 is 0 Å². The molecule has 0 unspecified atom stereocenters. The molecule has 0 saturated heterocycles. The lowest BCUT2D eigenvalue weighted by atomic mass is 10.1. The van der Waals surface area contributed by atoms with Crippen molar-refractivity contribution in [3.05, 3.63) is 41.6 Å². The molecule has 0 saturated carbocycles. The molecule has 1 aromatic heterocycles. The Bertz CT molecular complexity index is 631. The van der Waals surface area contributed by atoms with Gasteiger partial charge in [0.1, 0.15) is 11.6 Å². The number of ether oxygens (including phenoxy) is 1. The zero-order valence-corrected chi connectivity index (χ0v) is 14.9. The van der Waals surface area contributed by atoms with Gasteiger partial charge in [-0.15, -0.1) is 0 Å². The van der Waals surface area contributed by atoms with Gasteiger partial charge in [0.15, 0.2) is 0 Å². The van der Waals surface area contributed by atoms with Gasteiger partial charge < -0.3 is 15.4 Å². The second-order valence-electron chi connectivity index (χ2n) is 5.84. The first kappa shape index (κ1) is 18.0. The lowest BCUT2D eigenvalue weighted by Crippen LogP contribution is -2.11. The van der Waals surface area contributed by atoms with Crippen molar-refractivity contribution in [1.29, 1.82) is 0 Å². The summed E-state index contributed by atoms with van der Waals surface area (Å²) < 4.78 is 5.38. The molecular formula is C19H28N4O. The topological polar surface area (TPSA) is 59.1 Å². The lowest BCUT2D eigenvalue weighted by molar-refractivity contribution is 0.410. The SMILES string of the molecule is CCCCCNc1cc(C)nc(NCCc2ccccc2OC)n1. The van der Waals surface area contributed by atoms with E-state index in [1.54, 1.807) is 7.11 Å². The van der Waals surface area contributed by atoms with E-state index in [0.29, 0.717) is 5.95 Å². The van der Waals surface area contributed by atoms with Gasteiger partial charge in [-0.25, -0.2) is 4.98 Å². The van der Waals surface area contributed by atoms with Gasteiger partial charge in [-0.2, -0.15) is 4.98 Å². The predicted octanol–water partition coefficient (Wildman–Crippen LogP) is 4.05. The maximum absolute atomic E-state index is 5.38. The third-order valence-electron chi connectivity index (χ3n) is 3.81. The van der Waals surface area contributed by atoms with E-state index in [1.807, 2.05) is 31.2 Å². The summed E-state index contributed by atoms with van der Waals surface area (Å²) in [6.45, 7) is 5.91. The first-order valence-corrected chi connectivity index (χ1v) is 8.68. The second kappa shape index (κ2) is 9.75. The number of methoxy groups -OCH3 is 1. The van der Waals surface area contributed by atoms with Crippen molar-refractivity contribution in [1.82, 2.24) is 9.97 Å². The van der Waals surface area contributed by atoms with Crippen molar-refractivity contribution in [2.24, 2.45) is 0 Å². The summed E-state index contributed by atoms with van der Waals surface area (Å²) in [7, 11) is 1.70. The van der Waals surface area contributed by atoms with E-state index >= 15 is 0 Å². The predicted molar refractivity (Wildman–Crippen MR) is 100.0 cm³/mol. The van der Waals surface area contributed by atoms with Crippen LogP contribution in [0.25, 0.3) is 0 Å². The molecule has 2 rings (SSSR count). The number of anilines is 2. The van der Waals surface area contributed by atoms with Crippen LogP contribution in [0.4, 0.5) is 11.8 Å². The molecule has 5 heteroatoms. The fourth-order valence-electron chi connectivity index (χ4n) is 2.55. The molecule has 0 aliphatic rings. The van der Waals surface area contributed by atoms with E-state index in [1.165, 1.54) is 18.4 Å². The summed E-state index contributed by atoms with van der Waals surface area (Å²) in [5, 5.41) is 6.69. The summed E-state index contributed by atoms with van der Waals surface area (Å²) >= 11 is 0. The smallest absolute Gasteiger partial charge is 0.224 e. The highest BCUT2D eigenvalue weighted by molar-refractivity contribution is 5.42. The highest BCUT2D eigenvalue weighted by Gasteiger charge is 2.04. The average Bonchev–Trinajstić information content (AvgIpc) is 2.59. The average molecular weight is 328 g/mol. The van der Waals surface area contributed by atoms with Gasteiger partial charge in [-0.05, 0) is 31.4 Å². The molecule has 24 heavy (non-hydrogen) atoms. The van der Waals surface area contributed by atoms with E-state index in [9.17, 15) is 0 Å². The van der Waals surface area contributed by atoms with Gasteiger partial charge in [0.25, 0.3) is 0 Å². The van der Waals surface area contributed by atoms with Crippen molar-refractivity contribution in [3.8, 4) is 5.75 Å². The van der Waals surface area contributed by atoms with Crippen LogP contribution >= 0.6 is 0 Å². The minimum Gasteiger partial charge on any atom is -0.496 e. The van der Waals surface area contributed by atoms with Crippen LogP contribution in [-0.2, 0) is 6.42 Å². The number of benzene rings is 1. The molecule has 0 spiro atoms. The minimum atomic E-state index is 0.669. The van der Waals surface area contributed by atoms with Crippen molar-refractivity contribution < 1.29 is 4.74 Å². The zero-order chi connectivity index (χ0) is 17.2. The van der Waals surface area contributed by atoms with Crippen LogP contribution in [0.3, 0.4) is 0 Å². The third-order valence-corrected chi connectivity index (χ3v) is 3.81. The van der Waals surface area contributed by atoms with Gasteiger partial charge in [0.05, 0.1) is 7.11 Å². The van der Waals surface area contributed by atoms with Gasteiger partial charge >= 0.3 is 0 Å². The molecule has 0 fully saturated rings. The lowest BCUT2D eigenvalue weighted by Gasteiger charge is -2.11. The number of hydrogen-bond donors (Lipinski definition) is 2. The monoisotopic (exact) mass is 328 g/mol. The number of nitrogens with zero attached hydrogens (tertiary/aromatic N) is 2. The Morgan fingerprint density at radius 1 is 1.04 bits per heavy atom. The second-order valence-corrected chi connectivity index (χ2v) is 5.84. The number of rotatable bonds is 10. The van der Waals surface area contributed by atoms with Crippen LogP contribution in [0.1, 0.15) is 37.4 Å². The van der Waals surface area contributed by atoms with Crippen molar-refractivity contribution in [2.45, 2.75) is 39.5 Å². The molecule has 2 aromatic rings. The van der Waals surface area contributed by atoms with Crippen molar-refractivity contribution in [3.63, 3.8) is 0 Å². The van der Waals surface area contributed by atoms with Crippen molar-refractivity contribution >= 4 is 11.8 Å². The Morgan fingerprint density at radius 2 is 1.88 bits per heavy atom. The Hall–Kier alpha value is -2.30. The maximum Gasteiger partial charge on any atom is 0.224 e. The number of hydrogen-bond acceptors (Lipinski definition) is 5. The number of nitrogens with one attached hydrogen (secondary N) is 2. The quantitative estimate of drug-likeness (QED) is 0.644. The molecule has 0 aliphatic carbocycles. The number of para-hydroxylation sites is 1. The molecule has 130 valence electrons. The summed E-state index contributed by atoms with van der Waals surface area (Å²) in [6.07, 6.45) is 4.48. The number of aryl methyl sites for hydroxylation is 1. The van der Waals surface area contributed by atoms with Gasteiger partial charge in [0.2, 0.25) is 5.95 Å². The standard InChI is InChI=1S/C19H28N4O/c1-4-5-8-12-20-18-14-15(2)22-19(23-18)21-13-11-16-9-6-7-10-17(16)24-3/h6-7,9-10,14H,4-5,8,11-13H2,1-3H3,(H2,20,21,22,23). The van der Waals surface area contributed by atoms with Crippen LogP contribution in [0.15, 0.2) is 30.3 Å². The molecular weight excluding hydrogens is 300 g/mol. The highest BCUT2D eigenvalue weighted by Crippen LogP contribution is 2.18. The Labute approximate surface area is 144 Å². The molecule has 5 nitrogen and oxygen atoms in total. The number of aromatic nitrogens is 2. The molecule has 0 aliphatic heterocycles. The Balaban J connectivity index is 1.88. The summed E-state index contributed by atoms with van der Waals surface area (Å²) in [6, 6.07) is 10.1. The van der Waals surface area contributed by atoms with Gasteiger partial charge in [-0.1, -0.05) is 38.0 Å². The molecule has 0 radical (unpaired) electrons. The van der Waals surface area contributed by atoms with E-state index in [0.717, 1.165) is 43.2 Å². The van der Waals surface area contributed by atoms with Crippen LogP contribution in [0, 0.1) is 6.92 Å². The molecule has 1 heterocycles. The summed E-state index contributed by atoms with van der Waals surface area (Å²) in [5.41, 5.74) is 2.14. The highest BCUT2D eigenvalue weighted by atomic mass is 16.5. The third kappa shape index (κ3) is 5.72. The molecule has 0 atom stereocenters. The van der Waals surface area contributed by atoms with Gasteiger partial charge in [0, 0.05) is 24.8 Å². The summed E-state index contributed by atoms with van der Waals surface area (Å²) in [4.78, 5) is 9.00. The first-order chi connectivity index (χ1) is 11.7. The Kier molecular flexibility index (Phi) is 7.33. The fourth-order valence-corrected chi connectivity index (χ4v) is 2.55.